The van der Waals surface area contributed by atoms with Crippen LogP contribution in [-0.2, 0) is 16.0 Å². The number of nitrogens with two attached hydrogens (primary N) is 1. The molecule has 0 fully saturated rings. The molecule has 0 aliphatic heterocycles. The number of carbonyl (C=O) groups excluding carboxylic acids is 1. The van der Waals surface area contributed by atoms with Crippen molar-refractivity contribution in [1.29, 1.82) is 0 Å². The number of para-hydroxylation sites is 1. The van der Waals surface area contributed by atoms with E-state index >= 15 is 0 Å². The molecule has 1 amide bonds. The molecule has 0 aliphatic carbocycles. The summed E-state index contributed by atoms with van der Waals surface area (Å²) in [5.41, 5.74) is 6.54. The van der Waals surface area contributed by atoms with E-state index in [2.05, 4.69) is 5.32 Å². The van der Waals surface area contributed by atoms with Crippen molar-refractivity contribution in [3.05, 3.63) is 29.8 Å². The van der Waals surface area contributed by atoms with Gasteiger partial charge in [-0.3, -0.25) is 4.79 Å². The van der Waals surface area contributed by atoms with E-state index in [9.17, 15) is 4.79 Å². The maximum absolute atomic E-state index is 11.4. The van der Waals surface area contributed by atoms with Gasteiger partial charge in [0.15, 0.2) is 6.61 Å². The Morgan fingerprint density at radius 1 is 1.39 bits per heavy atom. The molecule has 5 heteroatoms. The van der Waals surface area contributed by atoms with E-state index < -0.39 is 0 Å². The minimum Gasteiger partial charge on any atom is -0.483 e. The van der Waals surface area contributed by atoms with Gasteiger partial charge in [-0.05, 0) is 24.6 Å². The first-order chi connectivity index (χ1) is 8.77. The maximum Gasteiger partial charge on any atom is 0.258 e. The predicted octanol–water partition coefficient (Wildman–Crippen LogP) is 0.329. The summed E-state index contributed by atoms with van der Waals surface area (Å²) < 4.78 is 10.3. The van der Waals surface area contributed by atoms with Gasteiger partial charge >= 0.3 is 0 Å². The van der Waals surface area contributed by atoms with Gasteiger partial charge in [-0.1, -0.05) is 18.2 Å². The quantitative estimate of drug-likeness (QED) is 0.654. The molecule has 0 atom stereocenters. The molecule has 1 rings (SSSR count). The van der Waals surface area contributed by atoms with Crippen LogP contribution in [0.2, 0.25) is 0 Å². The molecule has 0 saturated carbocycles. The molecule has 100 valence electrons. The fourth-order valence-electron chi connectivity index (χ4n) is 1.49. The second-order valence-corrected chi connectivity index (χ2v) is 3.78. The lowest BCUT2D eigenvalue weighted by molar-refractivity contribution is -0.123. The summed E-state index contributed by atoms with van der Waals surface area (Å²) in [5.74, 6) is 0.555. The van der Waals surface area contributed by atoms with E-state index in [0.717, 1.165) is 12.0 Å². The predicted molar refractivity (Wildman–Crippen MR) is 69.6 cm³/mol. The Balaban J connectivity index is 2.40. The highest BCUT2D eigenvalue weighted by Gasteiger charge is 2.05. The first-order valence-electron chi connectivity index (χ1n) is 5.94. The minimum atomic E-state index is -0.158. The lowest BCUT2D eigenvalue weighted by Crippen LogP contribution is -2.31. The number of hydrogen-bond acceptors (Lipinski definition) is 4. The molecule has 0 bridgehead atoms. The van der Waals surface area contributed by atoms with Gasteiger partial charge in [0.25, 0.3) is 5.91 Å². The van der Waals surface area contributed by atoms with Crippen molar-refractivity contribution in [3.63, 3.8) is 0 Å². The number of benzene rings is 1. The van der Waals surface area contributed by atoms with Crippen molar-refractivity contribution in [2.45, 2.75) is 6.42 Å². The summed E-state index contributed by atoms with van der Waals surface area (Å²) in [6.45, 7) is 1.55. The number of ether oxygens (including phenoxy) is 2. The zero-order valence-corrected chi connectivity index (χ0v) is 10.6. The van der Waals surface area contributed by atoms with Crippen LogP contribution in [0.5, 0.6) is 5.75 Å². The zero-order valence-electron chi connectivity index (χ0n) is 10.6. The Morgan fingerprint density at radius 3 is 2.89 bits per heavy atom. The van der Waals surface area contributed by atoms with Crippen molar-refractivity contribution in [2.75, 3.05) is 33.4 Å². The van der Waals surface area contributed by atoms with Crippen LogP contribution >= 0.6 is 0 Å². The third-order valence-corrected chi connectivity index (χ3v) is 2.37. The number of hydrogen-bond donors (Lipinski definition) is 2. The van der Waals surface area contributed by atoms with Crippen LogP contribution in [0, 0.1) is 0 Å². The fraction of sp³-hybridized carbons (Fsp3) is 0.462. The first-order valence-corrected chi connectivity index (χ1v) is 5.94. The van der Waals surface area contributed by atoms with Crippen molar-refractivity contribution < 1.29 is 14.3 Å². The van der Waals surface area contributed by atoms with Gasteiger partial charge in [0.2, 0.25) is 0 Å². The third-order valence-electron chi connectivity index (χ3n) is 2.37. The highest BCUT2D eigenvalue weighted by molar-refractivity contribution is 5.77. The van der Waals surface area contributed by atoms with E-state index in [0.29, 0.717) is 25.4 Å². The van der Waals surface area contributed by atoms with E-state index in [1.807, 2.05) is 24.3 Å². The SMILES string of the molecule is COCCNC(=O)COc1ccccc1CCN. The Labute approximate surface area is 107 Å². The maximum atomic E-state index is 11.4. The number of carbonyl (C=O) groups is 1. The zero-order chi connectivity index (χ0) is 13.2. The van der Waals surface area contributed by atoms with E-state index in [4.69, 9.17) is 15.2 Å². The minimum absolute atomic E-state index is 0.00526. The van der Waals surface area contributed by atoms with Crippen LogP contribution in [0.25, 0.3) is 0 Å². The molecule has 0 saturated heterocycles. The fourth-order valence-corrected chi connectivity index (χ4v) is 1.49. The van der Waals surface area contributed by atoms with Crippen LogP contribution < -0.4 is 15.8 Å². The standard InChI is InChI=1S/C13H20N2O3/c1-17-9-8-15-13(16)10-18-12-5-3-2-4-11(12)6-7-14/h2-5H,6-10,14H2,1H3,(H,15,16). The van der Waals surface area contributed by atoms with Gasteiger partial charge in [-0.15, -0.1) is 0 Å². The summed E-state index contributed by atoms with van der Waals surface area (Å²) in [6, 6.07) is 7.59. The van der Waals surface area contributed by atoms with Crippen LogP contribution in [-0.4, -0.2) is 39.3 Å². The van der Waals surface area contributed by atoms with Gasteiger partial charge in [0.1, 0.15) is 5.75 Å². The highest BCUT2D eigenvalue weighted by Crippen LogP contribution is 2.17. The molecular weight excluding hydrogens is 232 g/mol. The summed E-state index contributed by atoms with van der Waals surface area (Å²) in [6.07, 6.45) is 0.738. The molecule has 0 heterocycles. The smallest absolute Gasteiger partial charge is 0.258 e. The monoisotopic (exact) mass is 252 g/mol. The summed E-state index contributed by atoms with van der Waals surface area (Å²) in [7, 11) is 1.59. The molecule has 3 N–H and O–H groups in total. The largest absolute Gasteiger partial charge is 0.483 e. The van der Waals surface area contributed by atoms with Gasteiger partial charge in [-0.2, -0.15) is 0 Å². The Hall–Kier alpha value is -1.59. The molecule has 0 radical (unpaired) electrons. The number of amides is 1. The topological polar surface area (TPSA) is 73.6 Å². The lowest BCUT2D eigenvalue weighted by atomic mass is 10.1. The number of nitrogens with one attached hydrogen (secondary N) is 1. The summed E-state index contributed by atoms with van der Waals surface area (Å²) in [5, 5.41) is 2.69. The average molecular weight is 252 g/mol. The molecule has 0 unspecified atom stereocenters. The number of methoxy groups -OCH3 is 1. The van der Waals surface area contributed by atoms with Gasteiger partial charge in [-0.25, -0.2) is 0 Å². The molecular formula is C13H20N2O3. The Bertz CT molecular complexity index is 369. The number of rotatable bonds is 8. The van der Waals surface area contributed by atoms with Gasteiger partial charge in [0, 0.05) is 13.7 Å². The average Bonchev–Trinajstić information content (AvgIpc) is 2.38. The van der Waals surface area contributed by atoms with E-state index in [1.54, 1.807) is 7.11 Å². The van der Waals surface area contributed by atoms with Crippen LogP contribution in [0.15, 0.2) is 24.3 Å². The van der Waals surface area contributed by atoms with Crippen molar-refractivity contribution in [1.82, 2.24) is 5.32 Å². The second kappa shape index (κ2) is 8.49. The normalized spacial score (nSPS) is 10.1. The Kier molecular flexibility index (Phi) is 6.83. The lowest BCUT2D eigenvalue weighted by Gasteiger charge is -2.10. The van der Waals surface area contributed by atoms with Gasteiger partial charge in [0.05, 0.1) is 6.61 Å². The van der Waals surface area contributed by atoms with Gasteiger partial charge < -0.3 is 20.5 Å². The molecule has 0 aromatic heterocycles. The summed E-state index contributed by atoms with van der Waals surface area (Å²) in [4.78, 5) is 11.4. The molecule has 0 aliphatic rings. The molecule has 1 aromatic carbocycles. The second-order valence-electron chi connectivity index (χ2n) is 3.78. The molecule has 1 aromatic rings. The third kappa shape index (κ3) is 5.16. The van der Waals surface area contributed by atoms with E-state index in [1.165, 1.54) is 0 Å². The van der Waals surface area contributed by atoms with Crippen molar-refractivity contribution >= 4 is 5.91 Å². The molecule has 5 nitrogen and oxygen atoms in total. The van der Waals surface area contributed by atoms with Crippen LogP contribution in [0.4, 0.5) is 0 Å². The van der Waals surface area contributed by atoms with E-state index in [-0.39, 0.29) is 12.5 Å². The first kappa shape index (κ1) is 14.5. The molecule has 18 heavy (non-hydrogen) atoms. The van der Waals surface area contributed by atoms with Crippen LogP contribution in [0.1, 0.15) is 5.56 Å². The van der Waals surface area contributed by atoms with Crippen LogP contribution in [0.3, 0.4) is 0 Å². The highest BCUT2D eigenvalue weighted by atomic mass is 16.5. The van der Waals surface area contributed by atoms with Crippen molar-refractivity contribution in [2.24, 2.45) is 5.73 Å². The Morgan fingerprint density at radius 2 is 2.17 bits per heavy atom. The molecule has 0 spiro atoms. The summed E-state index contributed by atoms with van der Waals surface area (Å²) >= 11 is 0. The van der Waals surface area contributed by atoms with Crippen molar-refractivity contribution in [3.8, 4) is 5.75 Å².